The number of benzene rings is 1. The van der Waals surface area contributed by atoms with Crippen molar-refractivity contribution in [1.82, 2.24) is 9.29 Å². The first kappa shape index (κ1) is 19.3. The van der Waals surface area contributed by atoms with Gasteiger partial charge in [0.25, 0.3) is 5.91 Å². The maximum Gasteiger partial charge on any atom is 0.272 e. The number of aromatic nitrogens is 1. The summed E-state index contributed by atoms with van der Waals surface area (Å²) in [7, 11) is -2.35. The van der Waals surface area contributed by atoms with Crippen LogP contribution in [0.3, 0.4) is 0 Å². The predicted molar refractivity (Wildman–Crippen MR) is 99.3 cm³/mol. The fourth-order valence-corrected chi connectivity index (χ4v) is 4.44. The number of aliphatic hydroxyl groups excluding tert-OH is 1. The molecule has 1 aliphatic rings. The third kappa shape index (κ3) is 3.66. The average Bonchev–Trinajstić information content (AvgIpc) is 2.85. The lowest BCUT2D eigenvalue weighted by Gasteiger charge is -2.15. The van der Waals surface area contributed by atoms with Gasteiger partial charge in [0.15, 0.2) is 0 Å². The predicted octanol–water partition coefficient (Wildman–Crippen LogP) is 1.78. The van der Waals surface area contributed by atoms with E-state index in [2.05, 4.69) is 10.0 Å². The molecule has 1 aliphatic heterocycles. The van der Waals surface area contributed by atoms with Gasteiger partial charge in [0.2, 0.25) is 10.0 Å². The molecule has 2 atom stereocenters. The van der Waals surface area contributed by atoms with Crippen molar-refractivity contribution in [2.24, 2.45) is 7.05 Å². The van der Waals surface area contributed by atoms with Crippen LogP contribution in [0, 0.1) is 12.7 Å². The number of aliphatic hydroxyl groups is 1. The fraction of sp³-hybridized carbons (Fsp3) is 0.278. The Labute approximate surface area is 156 Å². The first-order chi connectivity index (χ1) is 12.6. The number of nitrogens with one attached hydrogen (secondary N) is 2. The minimum Gasteiger partial charge on any atom is -0.391 e. The topological polar surface area (TPSA) is 100 Å². The summed E-state index contributed by atoms with van der Waals surface area (Å²) in [5.74, 6) is -0.912. The molecule has 7 nitrogen and oxygen atoms in total. The second-order valence-corrected chi connectivity index (χ2v) is 8.21. The zero-order chi connectivity index (χ0) is 19.9. The van der Waals surface area contributed by atoms with Crippen LogP contribution in [0.15, 0.2) is 35.4 Å². The van der Waals surface area contributed by atoms with Crippen LogP contribution in [0.2, 0.25) is 0 Å². The molecule has 1 aromatic heterocycles. The highest BCUT2D eigenvalue weighted by Gasteiger charge is 2.31. The van der Waals surface area contributed by atoms with E-state index in [9.17, 15) is 22.7 Å². The molecule has 0 saturated heterocycles. The number of amides is 1. The number of hydrogen-bond acceptors (Lipinski definition) is 4. The molecular formula is C18H20FN3O4S. The van der Waals surface area contributed by atoms with Gasteiger partial charge in [-0.3, -0.25) is 4.79 Å². The number of hydrogen-bond donors (Lipinski definition) is 3. The van der Waals surface area contributed by atoms with Gasteiger partial charge in [0.1, 0.15) is 16.4 Å². The summed E-state index contributed by atoms with van der Waals surface area (Å²) < 4.78 is 42.4. The van der Waals surface area contributed by atoms with Crippen LogP contribution in [-0.4, -0.2) is 36.1 Å². The normalized spacial score (nSPS) is 19.2. The van der Waals surface area contributed by atoms with Crippen molar-refractivity contribution in [2.75, 3.05) is 5.32 Å². The van der Waals surface area contributed by atoms with E-state index < -0.39 is 28.1 Å². The number of fused-ring (bicyclic) bond motifs is 1. The summed E-state index contributed by atoms with van der Waals surface area (Å²) in [6, 6.07) is 3.37. The second-order valence-electron chi connectivity index (χ2n) is 6.53. The number of rotatable bonds is 3. The summed E-state index contributed by atoms with van der Waals surface area (Å²) in [6.07, 6.45) is 3.42. The fourth-order valence-electron chi connectivity index (χ4n) is 2.93. The van der Waals surface area contributed by atoms with Crippen LogP contribution >= 0.6 is 0 Å². The van der Waals surface area contributed by atoms with Crippen molar-refractivity contribution >= 4 is 27.7 Å². The van der Waals surface area contributed by atoms with Gasteiger partial charge in [0, 0.05) is 24.5 Å². The van der Waals surface area contributed by atoms with Crippen LogP contribution < -0.4 is 10.0 Å². The van der Waals surface area contributed by atoms with Gasteiger partial charge in [-0.1, -0.05) is 12.2 Å². The average molecular weight is 393 g/mol. The first-order valence-electron chi connectivity index (χ1n) is 8.25. The number of aryl methyl sites for hydroxylation is 2. The lowest BCUT2D eigenvalue weighted by Crippen LogP contribution is -2.39. The van der Waals surface area contributed by atoms with E-state index in [-0.39, 0.29) is 22.0 Å². The monoisotopic (exact) mass is 393 g/mol. The van der Waals surface area contributed by atoms with Gasteiger partial charge in [-0.2, -0.15) is 0 Å². The molecule has 1 amide bonds. The van der Waals surface area contributed by atoms with Gasteiger partial charge in [-0.05, 0) is 37.6 Å². The third-order valence-corrected chi connectivity index (χ3v) is 5.87. The van der Waals surface area contributed by atoms with Gasteiger partial charge in [-0.25, -0.2) is 17.5 Å². The Bertz CT molecular complexity index is 1040. The molecule has 2 aromatic rings. The number of anilines is 1. The van der Waals surface area contributed by atoms with Crippen molar-refractivity contribution < 1.29 is 22.7 Å². The zero-order valence-corrected chi connectivity index (χ0v) is 15.8. The third-order valence-electron chi connectivity index (χ3n) is 4.39. The number of carbonyl (C=O) groups is 1. The SMILES string of the molecule is Cc1cc(NC(=O)c2c3c(cn2C)S(=O)(=O)N[C@@H](C(C)O)C=C3)ccc1F. The van der Waals surface area contributed by atoms with E-state index in [1.54, 1.807) is 14.0 Å². The maximum atomic E-state index is 13.4. The molecular weight excluding hydrogens is 373 g/mol. The standard InChI is InChI=1S/C18H20FN3O4S/c1-10-8-12(4-6-14(10)19)20-18(24)17-13-5-7-15(11(2)23)21-27(25,26)16(13)9-22(17)3/h4-9,11,15,21,23H,1-3H3,(H,20,24)/t11?,15-/m1/s1. The Kier molecular flexibility index (Phi) is 4.94. The van der Waals surface area contributed by atoms with E-state index in [0.29, 0.717) is 11.3 Å². The van der Waals surface area contributed by atoms with E-state index in [0.717, 1.165) is 0 Å². The summed E-state index contributed by atoms with van der Waals surface area (Å²) in [5, 5.41) is 12.4. The Morgan fingerprint density at radius 1 is 1.41 bits per heavy atom. The van der Waals surface area contributed by atoms with E-state index in [4.69, 9.17) is 0 Å². The Morgan fingerprint density at radius 2 is 2.11 bits per heavy atom. The molecule has 1 unspecified atom stereocenters. The number of halogens is 1. The molecule has 0 aliphatic carbocycles. The van der Waals surface area contributed by atoms with E-state index in [1.807, 2.05) is 0 Å². The Morgan fingerprint density at radius 3 is 2.74 bits per heavy atom. The van der Waals surface area contributed by atoms with Crippen LogP contribution in [-0.2, 0) is 17.1 Å². The van der Waals surface area contributed by atoms with Crippen molar-refractivity contribution in [3.8, 4) is 0 Å². The molecule has 0 fully saturated rings. The summed E-state index contributed by atoms with van der Waals surface area (Å²) in [4.78, 5) is 12.7. The van der Waals surface area contributed by atoms with E-state index in [1.165, 1.54) is 48.0 Å². The summed E-state index contributed by atoms with van der Waals surface area (Å²) in [5.41, 5.74) is 1.14. The van der Waals surface area contributed by atoms with Gasteiger partial charge >= 0.3 is 0 Å². The van der Waals surface area contributed by atoms with Crippen molar-refractivity contribution in [1.29, 1.82) is 0 Å². The maximum absolute atomic E-state index is 13.4. The number of sulfonamides is 1. The Hall–Kier alpha value is -2.49. The van der Waals surface area contributed by atoms with Crippen LogP contribution in [0.1, 0.15) is 28.5 Å². The van der Waals surface area contributed by atoms with Crippen LogP contribution in [0.4, 0.5) is 10.1 Å². The van der Waals surface area contributed by atoms with E-state index >= 15 is 0 Å². The highest BCUT2D eigenvalue weighted by atomic mass is 32.2. The molecule has 1 aromatic carbocycles. The smallest absolute Gasteiger partial charge is 0.272 e. The molecule has 0 spiro atoms. The largest absolute Gasteiger partial charge is 0.391 e. The molecule has 3 N–H and O–H groups in total. The van der Waals surface area contributed by atoms with Crippen molar-refractivity contribution in [2.45, 2.75) is 30.9 Å². The second kappa shape index (κ2) is 6.91. The molecule has 3 rings (SSSR count). The van der Waals surface area contributed by atoms with Crippen LogP contribution in [0.25, 0.3) is 6.08 Å². The lowest BCUT2D eigenvalue weighted by molar-refractivity contribution is 0.101. The molecule has 0 saturated carbocycles. The molecule has 144 valence electrons. The van der Waals surface area contributed by atoms with Crippen LogP contribution in [0.5, 0.6) is 0 Å². The highest BCUT2D eigenvalue weighted by molar-refractivity contribution is 7.89. The summed E-state index contributed by atoms with van der Waals surface area (Å²) in [6.45, 7) is 3.05. The minimum absolute atomic E-state index is 0.0511. The molecule has 0 radical (unpaired) electrons. The first-order valence-corrected chi connectivity index (χ1v) is 9.74. The zero-order valence-electron chi connectivity index (χ0n) is 15.0. The molecule has 9 heteroatoms. The van der Waals surface area contributed by atoms with Crippen molar-refractivity contribution in [3.05, 3.63) is 53.1 Å². The van der Waals surface area contributed by atoms with Gasteiger partial charge in [0.05, 0.1) is 12.1 Å². The quantitative estimate of drug-likeness (QED) is 0.740. The minimum atomic E-state index is -3.92. The Balaban J connectivity index is 2.03. The number of nitrogens with zero attached hydrogens (tertiary/aromatic N) is 1. The van der Waals surface area contributed by atoms with Crippen molar-refractivity contribution in [3.63, 3.8) is 0 Å². The number of carbonyl (C=O) groups excluding carboxylic acids is 1. The molecule has 2 heterocycles. The van der Waals surface area contributed by atoms with Gasteiger partial charge < -0.3 is 15.0 Å². The van der Waals surface area contributed by atoms with Gasteiger partial charge in [-0.15, -0.1) is 0 Å². The molecule has 27 heavy (non-hydrogen) atoms. The molecule has 0 bridgehead atoms. The lowest BCUT2D eigenvalue weighted by atomic mass is 10.1. The summed E-state index contributed by atoms with van der Waals surface area (Å²) >= 11 is 0. The highest BCUT2D eigenvalue weighted by Crippen LogP contribution is 2.27.